The number of carboxylic acid groups (broad SMARTS) is 1. The Morgan fingerprint density at radius 3 is 2.44 bits per heavy atom. The van der Waals surface area contributed by atoms with E-state index in [1.54, 1.807) is 0 Å². The van der Waals surface area contributed by atoms with Gasteiger partial charge in [0.05, 0.1) is 6.42 Å². The quantitative estimate of drug-likeness (QED) is 0.404. The van der Waals surface area contributed by atoms with E-state index < -0.39 is 5.97 Å². The topological polar surface area (TPSA) is 66.4 Å². The van der Waals surface area contributed by atoms with E-state index in [4.69, 9.17) is 0 Å². The van der Waals surface area contributed by atoms with Crippen LogP contribution in [0.5, 0.6) is 0 Å². The standard InChI is InChI=1S/C28H45NO3.C2H6/c1-17(2)7-6-8-18(3)20-9-10-21-26-19(16-25(31)32)15-23-28(5,14-12-24(30)29-23)22(26)11-13-27(20,21)4;1-2/h15,17-22,26H,6-14,16H2,1-5H3,(H,29,30)(H,31,32);1-2H3/t18?,19?,20?,21?,22?,26?,27-,28-;/m1./s1. The fourth-order valence-electron chi connectivity index (χ4n) is 8.76. The van der Waals surface area contributed by atoms with Gasteiger partial charge in [0, 0.05) is 17.5 Å². The number of carbonyl (C=O) groups excluding carboxylic acids is 1. The third kappa shape index (κ3) is 4.98. The summed E-state index contributed by atoms with van der Waals surface area (Å²) in [4.78, 5) is 24.0. The lowest BCUT2D eigenvalue weighted by Gasteiger charge is -2.59. The Labute approximate surface area is 208 Å². The molecule has 34 heavy (non-hydrogen) atoms. The van der Waals surface area contributed by atoms with Gasteiger partial charge >= 0.3 is 5.97 Å². The average molecular weight is 474 g/mol. The van der Waals surface area contributed by atoms with Crippen molar-refractivity contribution in [1.82, 2.24) is 5.32 Å². The monoisotopic (exact) mass is 473 g/mol. The van der Waals surface area contributed by atoms with Gasteiger partial charge in [-0.15, -0.1) is 0 Å². The minimum Gasteiger partial charge on any atom is -0.481 e. The van der Waals surface area contributed by atoms with Crippen LogP contribution in [0.4, 0.5) is 0 Å². The molecule has 4 heteroatoms. The molecule has 1 heterocycles. The lowest BCUT2D eigenvalue weighted by Crippen LogP contribution is -2.56. The van der Waals surface area contributed by atoms with E-state index in [2.05, 4.69) is 46.0 Å². The van der Waals surface area contributed by atoms with Gasteiger partial charge in [-0.25, -0.2) is 0 Å². The van der Waals surface area contributed by atoms with Crippen molar-refractivity contribution in [3.05, 3.63) is 11.8 Å². The number of piperidine rings is 1. The molecule has 8 atom stereocenters. The number of allylic oxidation sites excluding steroid dienone is 2. The molecular weight excluding hydrogens is 422 g/mol. The largest absolute Gasteiger partial charge is 0.481 e. The second kappa shape index (κ2) is 10.7. The number of nitrogens with one attached hydrogen (secondary N) is 1. The fraction of sp³-hybridized carbons (Fsp3) is 0.867. The van der Waals surface area contributed by atoms with E-state index in [1.807, 2.05) is 13.8 Å². The molecule has 2 saturated carbocycles. The summed E-state index contributed by atoms with van der Waals surface area (Å²) in [6.45, 7) is 16.0. The number of hydrogen-bond donors (Lipinski definition) is 2. The summed E-state index contributed by atoms with van der Waals surface area (Å²) in [7, 11) is 0. The highest BCUT2D eigenvalue weighted by atomic mass is 16.4. The molecule has 1 amide bonds. The molecule has 0 bridgehead atoms. The summed E-state index contributed by atoms with van der Waals surface area (Å²) in [5, 5.41) is 12.9. The zero-order valence-electron chi connectivity index (χ0n) is 23.0. The molecule has 0 spiro atoms. The Balaban J connectivity index is 0.00000158. The van der Waals surface area contributed by atoms with E-state index in [0.717, 1.165) is 29.9 Å². The Bertz CT molecular complexity index is 773. The smallest absolute Gasteiger partial charge is 0.303 e. The number of fused-ring (bicyclic) bond motifs is 5. The molecular formula is C30H51NO3. The second-order valence-electron chi connectivity index (χ2n) is 12.6. The molecule has 3 aliphatic carbocycles. The van der Waals surface area contributed by atoms with Crippen LogP contribution >= 0.6 is 0 Å². The lowest BCUT2D eigenvalue weighted by molar-refractivity contribution is -0.140. The normalized spacial score (nSPS) is 39.6. The molecule has 0 aromatic carbocycles. The zero-order chi connectivity index (χ0) is 25.3. The van der Waals surface area contributed by atoms with Gasteiger partial charge in [-0.3, -0.25) is 9.59 Å². The summed E-state index contributed by atoms with van der Waals surface area (Å²) in [6.07, 6.45) is 12.8. The molecule has 1 saturated heterocycles. The summed E-state index contributed by atoms with van der Waals surface area (Å²) in [5.74, 6) is 3.24. The van der Waals surface area contributed by atoms with Gasteiger partial charge in [0.25, 0.3) is 0 Å². The number of rotatable bonds is 7. The average Bonchev–Trinajstić information content (AvgIpc) is 3.13. The maximum absolute atomic E-state index is 12.2. The van der Waals surface area contributed by atoms with E-state index in [1.165, 1.54) is 44.9 Å². The van der Waals surface area contributed by atoms with Crippen LogP contribution in [0.3, 0.4) is 0 Å². The molecule has 4 nitrogen and oxygen atoms in total. The minimum atomic E-state index is -0.708. The SMILES string of the molecule is CC.CC(C)CCCC(C)C1CCC2C3C(CC(=O)O)C=C4NC(=O)CC[C@]4(C)C3CC[C@]12C. The van der Waals surface area contributed by atoms with E-state index in [0.29, 0.717) is 29.6 Å². The van der Waals surface area contributed by atoms with Crippen molar-refractivity contribution in [2.75, 3.05) is 0 Å². The van der Waals surface area contributed by atoms with Crippen molar-refractivity contribution in [3.8, 4) is 0 Å². The van der Waals surface area contributed by atoms with E-state index in [9.17, 15) is 14.7 Å². The van der Waals surface area contributed by atoms with Crippen LogP contribution in [0.1, 0.15) is 113 Å². The molecule has 3 fully saturated rings. The van der Waals surface area contributed by atoms with Crippen LogP contribution in [-0.2, 0) is 9.59 Å². The summed E-state index contributed by atoms with van der Waals surface area (Å²) in [5.41, 5.74) is 1.35. The van der Waals surface area contributed by atoms with Crippen molar-refractivity contribution >= 4 is 11.9 Å². The van der Waals surface area contributed by atoms with E-state index in [-0.39, 0.29) is 23.7 Å². The molecule has 4 rings (SSSR count). The zero-order valence-corrected chi connectivity index (χ0v) is 23.0. The van der Waals surface area contributed by atoms with Gasteiger partial charge < -0.3 is 10.4 Å². The third-order valence-corrected chi connectivity index (χ3v) is 10.4. The van der Waals surface area contributed by atoms with Gasteiger partial charge in [0.1, 0.15) is 0 Å². The van der Waals surface area contributed by atoms with Crippen LogP contribution in [0.15, 0.2) is 11.8 Å². The first-order valence-electron chi connectivity index (χ1n) is 14.3. The highest BCUT2D eigenvalue weighted by molar-refractivity contribution is 5.79. The van der Waals surface area contributed by atoms with Gasteiger partial charge in [-0.1, -0.05) is 73.8 Å². The molecule has 4 aliphatic rings. The third-order valence-electron chi connectivity index (χ3n) is 10.4. The molecule has 0 aromatic rings. The summed E-state index contributed by atoms with van der Waals surface area (Å²) >= 11 is 0. The first kappa shape index (κ1) is 27.3. The number of amides is 1. The molecule has 0 radical (unpaired) electrons. The van der Waals surface area contributed by atoms with Gasteiger partial charge in [-0.05, 0) is 78.9 Å². The van der Waals surface area contributed by atoms with Crippen molar-refractivity contribution in [3.63, 3.8) is 0 Å². The number of carbonyl (C=O) groups is 2. The van der Waals surface area contributed by atoms with Crippen LogP contribution in [0.25, 0.3) is 0 Å². The predicted octanol–water partition coefficient (Wildman–Crippen LogP) is 7.44. The Kier molecular flexibility index (Phi) is 8.62. The molecule has 194 valence electrons. The van der Waals surface area contributed by atoms with Gasteiger partial charge in [-0.2, -0.15) is 0 Å². The maximum atomic E-state index is 12.2. The molecule has 0 aromatic heterocycles. The van der Waals surface area contributed by atoms with Crippen molar-refractivity contribution in [1.29, 1.82) is 0 Å². The van der Waals surface area contributed by atoms with Gasteiger partial charge in [0.15, 0.2) is 0 Å². The van der Waals surface area contributed by atoms with Crippen molar-refractivity contribution < 1.29 is 14.7 Å². The summed E-state index contributed by atoms with van der Waals surface area (Å²) < 4.78 is 0. The van der Waals surface area contributed by atoms with Crippen LogP contribution in [-0.4, -0.2) is 17.0 Å². The van der Waals surface area contributed by atoms with Crippen molar-refractivity contribution in [2.24, 2.45) is 52.3 Å². The number of hydrogen-bond acceptors (Lipinski definition) is 2. The Morgan fingerprint density at radius 1 is 1.09 bits per heavy atom. The fourth-order valence-corrected chi connectivity index (χ4v) is 8.76. The highest BCUT2D eigenvalue weighted by Gasteiger charge is 2.61. The van der Waals surface area contributed by atoms with Gasteiger partial charge in [0.2, 0.25) is 5.91 Å². The first-order valence-corrected chi connectivity index (χ1v) is 14.3. The molecule has 2 N–H and O–H groups in total. The predicted molar refractivity (Wildman–Crippen MR) is 139 cm³/mol. The van der Waals surface area contributed by atoms with Crippen molar-refractivity contribution in [2.45, 2.75) is 113 Å². The number of aliphatic carboxylic acids is 1. The Morgan fingerprint density at radius 2 is 1.79 bits per heavy atom. The van der Waals surface area contributed by atoms with Crippen LogP contribution in [0, 0.1) is 52.3 Å². The lowest BCUT2D eigenvalue weighted by atomic mass is 9.46. The second-order valence-corrected chi connectivity index (χ2v) is 12.6. The van der Waals surface area contributed by atoms with Crippen LogP contribution < -0.4 is 5.32 Å². The minimum absolute atomic E-state index is 0.00409. The summed E-state index contributed by atoms with van der Waals surface area (Å²) in [6, 6.07) is 0. The molecule has 1 aliphatic heterocycles. The number of carboxylic acids is 1. The molecule has 6 unspecified atom stereocenters. The first-order chi connectivity index (χ1) is 16.1. The Hall–Kier alpha value is -1.32. The van der Waals surface area contributed by atoms with Crippen LogP contribution in [0.2, 0.25) is 0 Å². The maximum Gasteiger partial charge on any atom is 0.303 e. The highest BCUT2D eigenvalue weighted by Crippen LogP contribution is 2.67. The van der Waals surface area contributed by atoms with E-state index >= 15 is 0 Å².